The summed E-state index contributed by atoms with van der Waals surface area (Å²) in [5.74, 6) is 1.49. The Morgan fingerprint density at radius 3 is 2.72 bits per heavy atom. The Hall–Kier alpha value is -2.80. The third-order valence-electron chi connectivity index (χ3n) is 3.61. The minimum atomic E-state index is -0.198. The molecule has 0 amide bonds. The van der Waals surface area contributed by atoms with Crippen molar-refractivity contribution in [1.82, 2.24) is 20.0 Å². The number of aryl methyl sites for hydroxylation is 1. The highest BCUT2D eigenvalue weighted by atomic mass is 19.1. The molecule has 0 spiro atoms. The maximum atomic E-state index is 14.1. The summed E-state index contributed by atoms with van der Waals surface area (Å²) in [5.41, 5.74) is 2.31. The van der Waals surface area contributed by atoms with Gasteiger partial charge in [-0.15, -0.1) is 0 Å². The standard InChI is InChI=1S/C18H20FN5O/c1-12-22-18(25-23-12)14-6-7-20-17(9-14)21-10-13-4-5-15(11-24(2)3)16(19)8-13/h4-9H,10-11H2,1-3H3,(H,20,21). The highest BCUT2D eigenvalue weighted by molar-refractivity contribution is 5.57. The average molecular weight is 341 g/mol. The molecule has 0 aliphatic heterocycles. The maximum absolute atomic E-state index is 14.1. The van der Waals surface area contributed by atoms with Crippen molar-refractivity contribution in [3.8, 4) is 11.5 Å². The SMILES string of the molecule is Cc1noc(-c2ccnc(NCc3ccc(CN(C)C)c(F)c3)c2)n1. The number of anilines is 1. The van der Waals surface area contributed by atoms with Gasteiger partial charge in [-0.25, -0.2) is 9.37 Å². The predicted molar refractivity (Wildman–Crippen MR) is 93.4 cm³/mol. The highest BCUT2D eigenvalue weighted by Crippen LogP contribution is 2.20. The summed E-state index contributed by atoms with van der Waals surface area (Å²) in [6, 6.07) is 8.91. The number of rotatable bonds is 6. The number of nitrogens with zero attached hydrogens (tertiary/aromatic N) is 4. The molecule has 0 fully saturated rings. The largest absolute Gasteiger partial charge is 0.366 e. The fraction of sp³-hybridized carbons (Fsp3) is 0.278. The molecule has 130 valence electrons. The normalized spacial score (nSPS) is 11.1. The van der Waals surface area contributed by atoms with Crippen molar-refractivity contribution in [1.29, 1.82) is 0 Å². The molecule has 0 saturated carbocycles. The molecule has 0 saturated heterocycles. The molecule has 3 aromatic rings. The third-order valence-corrected chi connectivity index (χ3v) is 3.61. The second kappa shape index (κ2) is 7.40. The second-order valence-electron chi connectivity index (χ2n) is 6.09. The Bertz CT molecular complexity index is 862. The van der Waals surface area contributed by atoms with Crippen LogP contribution in [-0.2, 0) is 13.1 Å². The molecule has 25 heavy (non-hydrogen) atoms. The summed E-state index contributed by atoms with van der Waals surface area (Å²) >= 11 is 0. The topological polar surface area (TPSA) is 67.1 Å². The van der Waals surface area contributed by atoms with Gasteiger partial charge in [0.2, 0.25) is 0 Å². The Labute approximate surface area is 145 Å². The van der Waals surface area contributed by atoms with E-state index < -0.39 is 0 Å². The summed E-state index contributed by atoms with van der Waals surface area (Å²) < 4.78 is 19.3. The summed E-state index contributed by atoms with van der Waals surface area (Å²) in [6.45, 7) is 2.81. The Morgan fingerprint density at radius 1 is 1.20 bits per heavy atom. The van der Waals surface area contributed by atoms with E-state index in [2.05, 4.69) is 20.4 Å². The second-order valence-corrected chi connectivity index (χ2v) is 6.09. The number of aromatic nitrogens is 3. The van der Waals surface area contributed by atoms with E-state index >= 15 is 0 Å². The van der Waals surface area contributed by atoms with Crippen LogP contribution in [0.15, 0.2) is 41.1 Å². The average Bonchev–Trinajstić information content (AvgIpc) is 3.02. The van der Waals surface area contributed by atoms with Crippen LogP contribution in [0.4, 0.5) is 10.2 Å². The van der Waals surface area contributed by atoms with Crippen LogP contribution in [0.2, 0.25) is 0 Å². The van der Waals surface area contributed by atoms with Gasteiger partial charge in [0.05, 0.1) is 0 Å². The first kappa shape index (κ1) is 17.0. The molecule has 0 unspecified atom stereocenters. The smallest absolute Gasteiger partial charge is 0.258 e. The Balaban J connectivity index is 1.68. The van der Waals surface area contributed by atoms with Gasteiger partial charge in [0, 0.05) is 30.4 Å². The number of pyridine rings is 1. The van der Waals surface area contributed by atoms with Gasteiger partial charge in [-0.05, 0) is 44.8 Å². The molecule has 0 atom stereocenters. The van der Waals surface area contributed by atoms with E-state index in [-0.39, 0.29) is 5.82 Å². The molecule has 0 aliphatic rings. The quantitative estimate of drug-likeness (QED) is 0.742. The van der Waals surface area contributed by atoms with Gasteiger partial charge in [0.15, 0.2) is 5.82 Å². The summed E-state index contributed by atoms with van der Waals surface area (Å²) in [5, 5.41) is 6.97. The molecular formula is C18H20FN5O. The first-order valence-corrected chi connectivity index (χ1v) is 7.94. The molecule has 7 heteroatoms. The third kappa shape index (κ3) is 4.39. The first-order chi connectivity index (χ1) is 12.0. The van der Waals surface area contributed by atoms with Crippen molar-refractivity contribution in [2.45, 2.75) is 20.0 Å². The van der Waals surface area contributed by atoms with Crippen molar-refractivity contribution in [2.75, 3.05) is 19.4 Å². The number of hydrogen-bond acceptors (Lipinski definition) is 6. The molecular weight excluding hydrogens is 321 g/mol. The first-order valence-electron chi connectivity index (χ1n) is 7.94. The monoisotopic (exact) mass is 341 g/mol. The van der Waals surface area contributed by atoms with E-state index in [1.165, 1.54) is 0 Å². The van der Waals surface area contributed by atoms with Gasteiger partial charge >= 0.3 is 0 Å². The van der Waals surface area contributed by atoms with Gasteiger partial charge in [-0.3, -0.25) is 0 Å². The van der Waals surface area contributed by atoms with Crippen molar-refractivity contribution < 1.29 is 8.91 Å². The van der Waals surface area contributed by atoms with Crippen LogP contribution in [-0.4, -0.2) is 34.1 Å². The van der Waals surface area contributed by atoms with Crippen LogP contribution in [0.25, 0.3) is 11.5 Å². The maximum Gasteiger partial charge on any atom is 0.258 e. The van der Waals surface area contributed by atoms with Crippen molar-refractivity contribution >= 4 is 5.82 Å². The number of hydrogen-bond donors (Lipinski definition) is 1. The number of halogens is 1. The Kier molecular flexibility index (Phi) is 5.04. The highest BCUT2D eigenvalue weighted by Gasteiger charge is 2.08. The van der Waals surface area contributed by atoms with Crippen LogP contribution in [0.1, 0.15) is 17.0 Å². The van der Waals surface area contributed by atoms with Gasteiger partial charge in [-0.2, -0.15) is 4.98 Å². The molecule has 2 aromatic heterocycles. The fourth-order valence-electron chi connectivity index (χ4n) is 2.44. The van der Waals surface area contributed by atoms with Gasteiger partial charge in [-0.1, -0.05) is 17.3 Å². The zero-order valence-corrected chi connectivity index (χ0v) is 14.5. The Morgan fingerprint density at radius 2 is 2.04 bits per heavy atom. The van der Waals surface area contributed by atoms with Crippen LogP contribution in [0.5, 0.6) is 0 Å². The summed E-state index contributed by atoms with van der Waals surface area (Å²) in [6.07, 6.45) is 1.66. The van der Waals surface area contributed by atoms with E-state index in [1.807, 2.05) is 37.2 Å². The van der Waals surface area contributed by atoms with E-state index in [0.717, 1.165) is 11.1 Å². The van der Waals surface area contributed by atoms with Gasteiger partial charge in [0.1, 0.15) is 11.6 Å². The zero-order valence-electron chi connectivity index (χ0n) is 14.5. The molecule has 6 nitrogen and oxygen atoms in total. The van der Waals surface area contributed by atoms with Crippen molar-refractivity contribution in [3.63, 3.8) is 0 Å². The minimum absolute atomic E-state index is 0.198. The molecule has 1 N–H and O–H groups in total. The summed E-state index contributed by atoms with van der Waals surface area (Å²) in [7, 11) is 3.83. The van der Waals surface area contributed by atoms with E-state index in [0.29, 0.717) is 36.2 Å². The number of benzene rings is 1. The lowest BCUT2D eigenvalue weighted by Crippen LogP contribution is -2.12. The summed E-state index contributed by atoms with van der Waals surface area (Å²) in [4.78, 5) is 10.4. The van der Waals surface area contributed by atoms with Crippen molar-refractivity contribution in [2.24, 2.45) is 0 Å². The van der Waals surface area contributed by atoms with E-state index in [4.69, 9.17) is 4.52 Å². The van der Waals surface area contributed by atoms with Crippen LogP contribution < -0.4 is 5.32 Å². The minimum Gasteiger partial charge on any atom is -0.366 e. The molecule has 0 aliphatic carbocycles. The number of nitrogens with one attached hydrogen (secondary N) is 1. The van der Waals surface area contributed by atoms with E-state index in [1.54, 1.807) is 25.3 Å². The van der Waals surface area contributed by atoms with Crippen LogP contribution in [0.3, 0.4) is 0 Å². The lowest BCUT2D eigenvalue weighted by Gasteiger charge is -2.12. The van der Waals surface area contributed by atoms with Crippen molar-refractivity contribution in [3.05, 3.63) is 59.3 Å². The molecule has 2 heterocycles. The predicted octanol–water partition coefficient (Wildman–Crippen LogP) is 3.25. The zero-order chi connectivity index (χ0) is 17.8. The molecule has 0 radical (unpaired) electrons. The van der Waals surface area contributed by atoms with Crippen LogP contribution in [0, 0.1) is 12.7 Å². The fourth-order valence-corrected chi connectivity index (χ4v) is 2.44. The van der Waals surface area contributed by atoms with Crippen LogP contribution >= 0.6 is 0 Å². The van der Waals surface area contributed by atoms with Gasteiger partial charge in [0.25, 0.3) is 5.89 Å². The lowest BCUT2D eigenvalue weighted by atomic mass is 10.1. The molecule has 1 aromatic carbocycles. The lowest BCUT2D eigenvalue weighted by molar-refractivity contribution is 0.392. The van der Waals surface area contributed by atoms with Gasteiger partial charge < -0.3 is 14.7 Å². The molecule has 0 bridgehead atoms. The molecule has 3 rings (SSSR count). The van der Waals surface area contributed by atoms with E-state index in [9.17, 15) is 4.39 Å².